The molecule has 0 saturated carbocycles. The first-order valence-electron chi connectivity index (χ1n) is 7.17. The lowest BCUT2D eigenvalue weighted by Gasteiger charge is -2.04. The van der Waals surface area contributed by atoms with E-state index in [1.165, 1.54) is 20.9 Å². The molecule has 0 radical (unpaired) electrons. The van der Waals surface area contributed by atoms with E-state index < -0.39 is 0 Å². The smallest absolute Gasteiger partial charge is 0.0706 e. The van der Waals surface area contributed by atoms with Crippen molar-refractivity contribution >= 4 is 11.4 Å². The number of nitrogens with zero attached hydrogens (tertiary/aromatic N) is 2. The summed E-state index contributed by atoms with van der Waals surface area (Å²) in [5, 5.41) is 13.9. The topological polar surface area (TPSA) is 24.7 Å². The zero-order chi connectivity index (χ0) is 13.9. The average molecular weight is 262 g/mol. The lowest BCUT2D eigenvalue weighted by Crippen LogP contribution is -2.15. The Hall–Kier alpha value is -2.22. The van der Waals surface area contributed by atoms with Gasteiger partial charge in [0.15, 0.2) is 0 Å². The molecule has 1 aliphatic rings. The minimum absolute atomic E-state index is 0.889. The summed E-state index contributed by atoms with van der Waals surface area (Å²) in [5.74, 6) is 0. The fraction of sp³-hybridized carbons (Fsp3) is 0.222. The van der Waals surface area contributed by atoms with Gasteiger partial charge in [0.2, 0.25) is 0 Å². The Balaban J connectivity index is 2.71. The molecule has 3 rings (SSSR count). The third kappa shape index (κ3) is 2.07. The van der Waals surface area contributed by atoms with Crippen molar-refractivity contribution in [2.24, 2.45) is 10.2 Å². The number of rotatable bonds is 2. The molecule has 0 amide bonds. The Labute approximate surface area is 118 Å². The molecule has 100 valence electrons. The van der Waals surface area contributed by atoms with Crippen LogP contribution in [0.15, 0.2) is 58.8 Å². The molecular weight excluding hydrogens is 244 g/mol. The van der Waals surface area contributed by atoms with Crippen LogP contribution >= 0.6 is 0 Å². The maximum absolute atomic E-state index is 4.50. The first-order chi connectivity index (χ1) is 9.85. The fourth-order valence-corrected chi connectivity index (χ4v) is 2.69. The second-order valence-corrected chi connectivity index (χ2v) is 4.89. The third-order valence-corrected chi connectivity index (χ3v) is 3.73. The molecule has 2 heteroatoms. The summed E-state index contributed by atoms with van der Waals surface area (Å²) in [4.78, 5) is 0. The Morgan fingerprint density at radius 2 is 0.950 bits per heavy atom. The highest BCUT2D eigenvalue weighted by atomic mass is 15.1. The van der Waals surface area contributed by atoms with Crippen molar-refractivity contribution in [1.82, 2.24) is 0 Å². The molecule has 1 aliphatic heterocycles. The Morgan fingerprint density at radius 1 is 0.600 bits per heavy atom. The summed E-state index contributed by atoms with van der Waals surface area (Å²) in [7, 11) is 0. The van der Waals surface area contributed by atoms with Gasteiger partial charge in [0.1, 0.15) is 0 Å². The van der Waals surface area contributed by atoms with E-state index >= 15 is 0 Å². The molecule has 20 heavy (non-hydrogen) atoms. The van der Waals surface area contributed by atoms with Crippen molar-refractivity contribution in [3.8, 4) is 0 Å². The van der Waals surface area contributed by atoms with E-state index in [0.29, 0.717) is 0 Å². The van der Waals surface area contributed by atoms with Gasteiger partial charge in [-0.3, -0.25) is 0 Å². The standard InChI is InChI=1S/C18H18N2/c1-3-17-15-11-7-5-9-13(15)14-10-6-8-12-16(14)18(4-2)20-19-17/h5-12H,3-4H2,1-2H3/b14-13-,17-15-,18-16-,19-17?,20-18?,20-19-. The van der Waals surface area contributed by atoms with Crippen LogP contribution in [0, 0.1) is 10.4 Å². The third-order valence-electron chi connectivity index (χ3n) is 3.73. The molecule has 0 atom stereocenters. The molecule has 1 heterocycles. The highest BCUT2D eigenvalue weighted by Crippen LogP contribution is 2.11. The van der Waals surface area contributed by atoms with Gasteiger partial charge < -0.3 is 0 Å². The molecule has 0 N–H and O–H groups in total. The van der Waals surface area contributed by atoms with Crippen molar-refractivity contribution in [3.05, 3.63) is 69.4 Å². The number of azo groups is 1. The fourth-order valence-electron chi connectivity index (χ4n) is 2.69. The average Bonchev–Trinajstić information content (AvgIpc) is 2.50. The van der Waals surface area contributed by atoms with Crippen LogP contribution in [0.3, 0.4) is 0 Å². The molecule has 0 spiro atoms. The molecule has 0 unspecified atom stereocenters. The molecule has 2 aromatic rings. The van der Waals surface area contributed by atoms with Crippen LogP contribution in [0.2, 0.25) is 0 Å². The summed E-state index contributed by atoms with van der Waals surface area (Å²) < 4.78 is 0. The first-order valence-corrected chi connectivity index (χ1v) is 7.17. The van der Waals surface area contributed by atoms with E-state index in [2.05, 4.69) is 72.6 Å². The maximum atomic E-state index is 4.50. The molecule has 0 aromatic heterocycles. The van der Waals surface area contributed by atoms with Crippen molar-refractivity contribution in [3.63, 3.8) is 0 Å². The highest BCUT2D eigenvalue weighted by molar-refractivity contribution is 5.49. The van der Waals surface area contributed by atoms with Gasteiger partial charge in [-0.05, 0) is 23.3 Å². The highest BCUT2D eigenvalue weighted by Gasteiger charge is 2.03. The Kier molecular flexibility index (Phi) is 3.46. The van der Waals surface area contributed by atoms with Gasteiger partial charge in [0.25, 0.3) is 0 Å². The van der Waals surface area contributed by atoms with Crippen molar-refractivity contribution in [1.29, 1.82) is 0 Å². The Bertz CT molecular complexity index is 803. The van der Waals surface area contributed by atoms with Crippen LogP contribution in [0.5, 0.6) is 0 Å². The van der Waals surface area contributed by atoms with Gasteiger partial charge in [-0.25, -0.2) is 0 Å². The van der Waals surface area contributed by atoms with Crippen LogP contribution in [0.1, 0.15) is 26.7 Å². The van der Waals surface area contributed by atoms with Crippen LogP contribution in [0.4, 0.5) is 0 Å². The van der Waals surface area contributed by atoms with Crippen molar-refractivity contribution in [2.45, 2.75) is 26.7 Å². The summed E-state index contributed by atoms with van der Waals surface area (Å²) in [5.41, 5.74) is 2.11. The lowest BCUT2D eigenvalue weighted by atomic mass is 10.1. The quantitative estimate of drug-likeness (QED) is 0.791. The lowest BCUT2D eigenvalue weighted by molar-refractivity contribution is 1.05. The zero-order valence-electron chi connectivity index (χ0n) is 11.9. The van der Waals surface area contributed by atoms with Crippen LogP contribution in [-0.4, -0.2) is 0 Å². The number of hydrogen-bond acceptors (Lipinski definition) is 2. The van der Waals surface area contributed by atoms with E-state index in [0.717, 1.165) is 24.2 Å². The van der Waals surface area contributed by atoms with E-state index in [-0.39, 0.29) is 0 Å². The second-order valence-electron chi connectivity index (χ2n) is 4.89. The number of fused-ring (bicyclic) bond motifs is 2. The molecule has 0 saturated heterocycles. The monoisotopic (exact) mass is 262 g/mol. The van der Waals surface area contributed by atoms with Crippen molar-refractivity contribution in [2.75, 3.05) is 0 Å². The van der Waals surface area contributed by atoms with Gasteiger partial charge in [-0.1, -0.05) is 62.4 Å². The predicted octanol–water partition coefficient (Wildman–Crippen LogP) is 3.48. The van der Waals surface area contributed by atoms with Gasteiger partial charge >= 0.3 is 0 Å². The summed E-state index contributed by atoms with van der Waals surface area (Å²) in [6.07, 6.45) is 1.78. The summed E-state index contributed by atoms with van der Waals surface area (Å²) in [6.45, 7) is 4.26. The normalized spacial score (nSPS) is 22.3. The van der Waals surface area contributed by atoms with Gasteiger partial charge in [0.05, 0.1) is 11.4 Å². The second kappa shape index (κ2) is 5.41. The largest absolute Gasteiger partial charge is 0.155 e. The predicted molar refractivity (Wildman–Crippen MR) is 82.1 cm³/mol. The molecule has 0 aliphatic carbocycles. The SMILES string of the molecule is CCC1=c2\cccc\c2=c2/cccc/c2=C(CC)/N=N\1. The summed E-state index contributed by atoms with van der Waals surface area (Å²) >= 11 is 0. The van der Waals surface area contributed by atoms with E-state index in [4.69, 9.17) is 0 Å². The first kappa shape index (κ1) is 12.8. The van der Waals surface area contributed by atoms with Crippen LogP contribution in [-0.2, 0) is 0 Å². The minimum atomic E-state index is 0.889. The van der Waals surface area contributed by atoms with Crippen LogP contribution < -0.4 is 10.4 Å². The van der Waals surface area contributed by atoms with E-state index in [1.807, 2.05) is 0 Å². The number of benzene rings is 2. The molecular formula is C18H18N2. The van der Waals surface area contributed by atoms with Crippen LogP contribution in [0.25, 0.3) is 11.4 Å². The molecule has 0 fully saturated rings. The van der Waals surface area contributed by atoms with Gasteiger partial charge in [-0.15, -0.1) is 0 Å². The number of hydrogen-bond donors (Lipinski definition) is 0. The van der Waals surface area contributed by atoms with Gasteiger partial charge in [0, 0.05) is 10.4 Å². The summed E-state index contributed by atoms with van der Waals surface area (Å²) in [6, 6.07) is 17.0. The molecule has 0 bridgehead atoms. The zero-order valence-corrected chi connectivity index (χ0v) is 11.9. The Morgan fingerprint density at radius 3 is 1.30 bits per heavy atom. The molecule has 2 nitrogen and oxygen atoms in total. The molecule has 2 aromatic carbocycles. The maximum Gasteiger partial charge on any atom is 0.0706 e. The van der Waals surface area contributed by atoms with Crippen molar-refractivity contribution < 1.29 is 0 Å². The van der Waals surface area contributed by atoms with Gasteiger partial charge in [-0.2, -0.15) is 10.2 Å². The van der Waals surface area contributed by atoms with E-state index in [1.54, 1.807) is 0 Å². The minimum Gasteiger partial charge on any atom is -0.155 e. The van der Waals surface area contributed by atoms with E-state index in [9.17, 15) is 0 Å².